The molecule has 3 aromatic rings. The van der Waals surface area contributed by atoms with E-state index in [4.69, 9.17) is 0 Å². The molecule has 160 valence electrons. The third kappa shape index (κ3) is 3.69. The number of amides is 2. The summed E-state index contributed by atoms with van der Waals surface area (Å²) < 4.78 is 40.7. The van der Waals surface area contributed by atoms with Crippen LogP contribution in [0.25, 0.3) is 5.57 Å². The topological polar surface area (TPSA) is 92.5 Å². The van der Waals surface area contributed by atoms with Gasteiger partial charge in [0.25, 0.3) is 17.5 Å². The largest absolute Gasteiger partial charge is 0.350 e. The molecule has 10 heteroatoms. The van der Waals surface area contributed by atoms with E-state index < -0.39 is 34.2 Å². The third-order valence-corrected chi connectivity index (χ3v) is 4.71. The molecule has 32 heavy (non-hydrogen) atoms. The maximum atomic E-state index is 13.7. The van der Waals surface area contributed by atoms with Gasteiger partial charge in [0, 0.05) is 23.9 Å². The van der Waals surface area contributed by atoms with Gasteiger partial charge in [0.05, 0.1) is 16.2 Å². The Morgan fingerprint density at radius 3 is 2.19 bits per heavy atom. The van der Waals surface area contributed by atoms with E-state index in [1.54, 1.807) is 0 Å². The van der Waals surface area contributed by atoms with Crippen LogP contribution in [0.3, 0.4) is 0 Å². The van der Waals surface area contributed by atoms with Crippen LogP contribution in [0.15, 0.2) is 72.4 Å². The van der Waals surface area contributed by atoms with Gasteiger partial charge in [-0.1, -0.05) is 6.07 Å². The fraction of sp³-hybridized carbons (Fsp3) is 0. The summed E-state index contributed by atoms with van der Waals surface area (Å²) in [4.78, 5) is 37.3. The minimum Gasteiger partial charge on any atom is -0.350 e. The summed E-state index contributed by atoms with van der Waals surface area (Å²) in [6, 6.07) is 12.5. The number of halogens is 3. The molecular formula is C22H12F3N3O4. The first-order valence-corrected chi connectivity index (χ1v) is 9.12. The van der Waals surface area contributed by atoms with Crippen molar-refractivity contribution in [1.82, 2.24) is 0 Å². The summed E-state index contributed by atoms with van der Waals surface area (Å²) in [6.07, 6.45) is 0. The molecule has 1 N–H and O–H groups in total. The van der Waals surface area contributed by atoms with Crippen LogP contribution in [0, 0.1) is 27.6 Å². The van der Waals surface area contributed by atoms with Crippen LogP contribution < -0.4 is 10.2 Å². The van der Waals surface area contributed by atoms with E-state index in [9.17, 15) is 32.9 Å². The van der Waals surface area contributed by atoms with Gasteiger partial charge in [0.2, 0.25) is 0 Å². The van der Waals surface area contributed by atoms with Crippen molar-refractivity contribution in [3.63, 3.8) is 0 Å². The van der Waals surface area contributed by atoms with Gasteiger partial charge in [0.15, 0.2) is 11.6 Å². The molecule has 0 saturated heterocycles. The Labute approximate surface area is 178 Å². The molecule has 0 aromatic heterocycles. The first-order valence-electron chi connectivity index (χ1n) is 9.12. The van der Waals surface area contributed by atoms with Crippen molar-refractivity contribution in [3.8, 4) is 0 Å². The quantitative estimate of drug-likeness (QED) is 0.361. The molecule has 0 bridgehead atoms. The van der Waals surface area contributed by atoms with Gasteiger partial charge in [-0.05, 0) is 48.0 Å². The predicted octanol–water partition coefficient (Wildman–Crippen LogP) is 4.41. The van der Waals surface area contributed by atoms with E-state index in [0.717, 1.165) is 41.3 Å². The third-order valence-electron chi connectivity index (χ3n) is 4.71. The van der Waals surface area contributed by atoms with Gasteiger partial charge in [0.1, 0.15) is 11.5 Å². The fourth-order valence-corrected chi connectivity index (χ4v) is 3.23. The Morgan fingerprint density at radius 2 is 1.56 bits per heavy atom. The highest BCUT2D eigenvalue weighted by molar-refractivity contribution is 6.46. The summed E-state index contributed by atoms with van der Waals surface area (Å²) in [5, 5.41) is 13.6. The van der Waals surface area contributed by atoms with E-state index in [2.05, 4.69) is 5.32 Å². The van der Waals surface area contributed by atoms with E-state index in [0.29, 0.717) is 0 Å². The molecule has 0 radical (unpaired) electrons. The highest BCUT2D eigenvalue weighted by Crippen LogP contribution is 2.34. The Balaban J connectivity index is 1.83. The maximum Gasteiger partial charge on any atom is 0.282 e. The van der Waals surface area contributed by atoms with Crippen molar-refractivity contribution < 1.29 is 27.7 Å². The monoisotopic (exact) mass is 439 g/mol. The standard InChI is InChI=1S/C22H12F3N3O4/c23-13-2-1-3-16(10-13)27-21(29)19(12-4-7-15(8-5-12)28(31)32)20(22(27)30)26-14-6-9-17(24)18(25)11-14/h1-11,26H. The van der Waals surface area contributed by atoms with E-state index in [1.165, 1.54) is 30.3 Å². The van der Waals surface area contributed by atoms with Crippen molar-refractivity contribution in [2.45, 2.75) is 0 Å². The van der Waals surface area contributed by atoms with Gasteiger partial charge in [-0.2, -0.15) is 0 Å². The zero-order valence-corrected chi connectivity index (χ0v) is 16.0. The molecule has 0 spiro atoms. The second-order valence-electron chi connectivity index (χ2n) is 6.73. The number of anilines is 2. The van der Waals surface area contributed by atoms with Crippen LogP contribution in [0.5, 0.6) is 0 Å². The van der Waals surface area contributed by atoms with Crippen molar-refractivity contribution in [1.29, 1.82) is 0 Å². The molecule has 0 saturated carbocycles. The molecule has 1 aliphatic rings. The number of benzene rings is 3. The number of imide groups is 1. The Kier molecular flexibility index (Phi) is 5.19. The molecule has 4 rings (SSSR count). The molecule has 1 aliphatic heterocycles. The van der Waals surface area contributed by atoms with E-state index in [-0.39, 0.29) is 33.9 Å². The van der Waals surface area contributed by atoms with Crippen LogP contribution in [-0.2, 0) is 9.59 Å². The van der Waals surface area contributed by atoms with Crippen molar-refractivity contribution in [3.05, 3.63) is 106 Å². The van der Waals surface area contributed by atoms with Crippen LogP contribution in [0.2, 0.25) is 0 Å². The lowest BCUT2D eigenvalue weighted by Gasteiger charge is -2.15. The highest BCUT2D eigenvalue weighted by atomic mass is 19.2. The van der Waals surface area contributed by atoms with Crippen molar-refractivity contribution in [2.24, 2.45) is 0 Å². The zero-order chi connectivity index (χ0) is 23.0. The molecular weight excluding hydrogens is 427 g/mol. The normalized spacial score (nSPS) is 13.7. The number of nitro groups is 1. The predicted molar refractivity (Wildman–Crippen MR) is 109 cm³/mol. The molecule has 2 amide bonds. The Hall–Kier alpha value is -4.47. The van der Waals surface area contributed by atoms with Crippen LogP contribution >= 0.6 is 0 Å². The number of nitrogens with zero attached hydrogens (tertiary/aromatic N) is 2. The number of non-ortho nitro benzene ring substituents is 1. The van der Waals surface area contributed by atoms with Gasteiger partial charge in [-0.15, -0.1) is 0 Å². The molecule has 7 nitrogen and oxygen atoms in total. The Bertz CT molecular complexity index is 1310. The molecule has 0 fully saturated rings. The first-order chi connectivity index (χ1) is 15.3. The SMILES string of the molecule is O=C1C(Nc2ccc(F)c(F)c2)=C(c2ccc([N+](=O)[O-])cc2)C(=O)N1c1cccc(F)c1. The number of carbonyl (C=O) groups excluding carboxylic acids is 2. The molecule has 0 aliphatic carbocycles. The van der Waals surface area contributed by atoms with Gasteiger partial charge < -0.3 is 5.32 Å². The lowest BCUT2D eigenvalue weighted by Crippen LogP contribution is -2.32. The average molecular weight is 439 g/mol. The molecule has 0 unspecified atom stereocenters. The lowest BCUT2D eigenvalue weighted by molar-refractivity contribution is -0.384. The number of hydrogen-bond acceptors (Lipinski definition) is 5. The number of nitrogens with one attached hydrogen (secondary N) is 1. The van der Waals surface area contributed by atoms with Crippen molar-refractivity contribution in [2.75, 3.05) is 10.2 Å². The second-order valence-corrected chi connectivity index (χ2v) is 6.73. The van der Waals surface area contributed by atoms with Crippen molar-refractivity contribution >= 4 is 34.4 Å². The average Bonchev–Trinajstić information content (AvgIpc) is 3.00. The minimum absolute atomic E-state index is 0.0134. The summed E-state index contributed by atoms with van der Waals surface area (Å²) in [6.45, 7) is 0. The second kappa shape index (κ2) is 7.99. The molecule has 1 heterocycles. The first kappa shape index (κ1) is 20.8. The van der Waals surface area contributed by atoms with Gasteiger partial charge in [-0.3, -0.25) is 19.7 Å². The number of rotatable bonds is 5. The van der Waals surface area contributed by atoms with Crippen LogP contribution in [0.1, 0.15) is 5.56 Å². The fourth-order valence-electron chi connectivity index (χ4n) is 3.23. The van der Waals surface area contributed by atoms with E-state index >= 15 is 0 Å². The van der Waals surface area contributed by atoms with Gasteiger partial charge >= 0.3 is 0 Å². The smallest absolute Gasteiger partial charge is 0.282 e. The van der Waals surface area contributed by atoms with Crippen LogP contribution in [0.4, 0.5) is 30.2 Å². The summed E-state index contributed by atoms with van der Waals surface area (Å²) >= 11 is 0. The molecule has 3 aromatic carbocycles. The highest BCUT2D eigenvalue weighted by Gasteiger charge is 2.40. The number of nitro benzene ring substituents is 1. The summed E-state index contributed by atoms with van der Waals surface area (Å²) in [7, 11) is 0. The maximum absolute atomic E-state index is 13.7. The van der Waals surface area contributed by atoms with E-state index in [1.807, 2.05) is 0 Å². The Morgan fingerprint density at radius 1 is 0.844 bits per heavy atom. The summed E-state index contributed by atoms with van der Waals surface area (Å²) in [5.41, 5.74) is -0.568. The van der Waals surface area contributed by atoms with Gasteiger partial charge in [-0.25, -0.2) is 18.1 Å². The van der Waals surface area contributed by atoms with Crippen LogP contribution in [-0.4, -0.2) is 16.7 Å². The lowest BCUT2D eigenvalue weighted by atomic mass is 10.0. The zero-order valence-electron chi connectivity index (χ0n) is 16.0. The number of hydrogen-bond donors (Lipinski definition) is 1. The number of carbonyl (C=O) groups is 2. The summed E-state index contributed by atoms with van der Waals surface area (Å²) in [5.74, 6) is -4.64. The minimum atomic E-state index is -1.17. The molecule has 0 atom stereocenters.